The molecule has 6 heteroatoms. The van der Waals surface area contributed by atoms with Gasteiger partial charge in [0.2, 0.25) is 6.79 Å². The van der Waals surface area contributed by atoms with E-state index in [1.54, 1.807) is 6.20 Å². The van der Waals surface area contributed by atoms with Gasteiger partial charge < -0.3 is 9.47 Å². The van der Waals surface area contributed by atoms with E-state index in [-0.39, 0.29) is 6.79 Å². The third kappa shape index (κ3) is 1.47. The van der Waals surface area contributed by atoms with Gasteiger partial charge in [0.15, 0.2) is 22.7 Å². The maximum absolute atomic E-state index is 11.0. The first kappa shape index (κ1) is 10.6. The van der Waals surface area contributed by atoms with Crippen LogP contribution < -0.4 is 9.47 Å². The summed E-state index contributed by atoms with van der Waals surface area (Å²) in [6.45, 7) is 0.252. The van der Waals surface area contributed by atoms with E-state index >= 15 is 0 Å². The van der Waals surface area contributed by atoms with Gasteiger partial charge in [-0.1, -0.05) is 0 Å². The molecule has 0 atom stereocenters. The lowest BCUT2D eigenvalue weighted by molar-refractivity contribution is 0.111. The highest BCUT2D eigenvalue weighted by molar-refractivity contribution is 7.15. The van der Waals surface area contributed by atoms with Crippen molar-refractivity contribution in [3.63, 3.8) is 0 Å². The Balaban J connectivity index is 1.94. The summed E-state index contributed by atoms with van der Waals surface area (Å²) >= 11 is 1.50. The molecule has 0 radical (unpaired) electrons. The van der Waals surface area contributed by atoms with Crippen LogP contribution in [0.5, 0.6) is 11.5 Å². The highest BCUT2D eigenvalue weighted by atomic mass is 32.1. The van der Waals surface area contributed by atoms with Gasteiger partial charge in [0.1, 0.15) is 5.69 Å². The van der Waals surface area contributed by atoms with Crippen LogP contribution in [0.2, 0.25) is 0 Å². The molecule has 0 unspecified atom stereocenters. The summed E-state index contributed by atoms with van der Waals surface area (Å²) in [5, 5.41) is 1.98. The first-order valence-electron chi connectivity index (χ1n) is 5.67. The monoisotopic (exact) mass is 272 g/mol. The van der Waals surface area contributed by atoms with Crippen LogP contribution in [0.25, 0.3) is 16.2 Å². The van der Waals surface area contributed by atoms with Crippen molar-refractivity contribution in [1.82, 2.24) is 9.38 Å². The lowest BCUT2D eigenvalue weighted by Crippen LogP contribution is -1.93. The molecule has 94 valence electrons. The number of ether oxygens (including phenoxy) is 2. The third-order valence-electron chi connectivity index (χ3n) is 3.06. The maximum Gasteiger partial charge on any atom is 0.231 e. The van der Waals surface area contributed by atoms with Crippen LogP contribution in [0.3, 0.4) is 0 Å². The molecule has 3 aromatic rings. The van der Waals surface area contributed by atoms with Gasteiger partial charge in [-0.15, -0.1) is 11.3 Å². The molecule has 0 amide bonds. The molecule has 0 saturated heterocycles. The maximum atomic E-state index is 11.0. The Hall–Kier alpha value is -2.34. The molecule has 19 heavy (non-hydrogen) atoms. The predicted molar refractivity (Wildman–Crippen MR) is 70.0 cm³/mol. The summed E-state index contributed by atoms with van der Waals surface area (Å²) in [4.78, 5) is 16.1. The molecule has 2 aromatic heterocycles. The highest BCUT2D eigenvalue weighted by Gasteiger charge is 2.16. The molecule has 5 nitrogen and oxygen atoms in total. The molecule has 3 heterocycles. The van der Waals surface area contributed by atoms with Crippen molar-refractivity contribution in [2.45, 2.75) is 0 Å². The Morgan fingerprint density at radius 1 is 1.32 bits per heavy atom. The van der Waals surface area contributed by atoms with E-state index in [9.17, 15) is 4.79 Å². The molecule has 4 rings (SSSR count). The molecular weight excluding hydrogens is 264 g/mol. The molecule has 0 N–H and O–H groups in total. The van der Waals surface area contributed by atoms with Gasteiger partial charge in [-0.2, -0.15) is 0 Å². The zero-order valence-corrected chi connectivity index (χ0v) is 10.5. The Morgan fingerprint density at radius 2 is 2.21 bits per heavy atom. The summed E-state index contributed by atoms with van der Waals surface area (Å²) in [5.41, 5.74) is 2.44. The lowest BCUT2D eigenvalue weighted by Gasteiger charge is -2.02. The molecule has 0 saturated carbocycles. The molecule has 1 aliphatic heterocycles. The average Bonchev–Trinajstić information content (AvgIpc) is 3.13. The topological polar surface area (TPSA) is 52.8 Å². The van der Waals surface area contributed by atoms with Crippen molar-refractivity contribution in [2.75, 3.05) is 6.79 Å². The van der Waals surface area contributed by atoms with E-state index in [2.05, 4.69) is 4.98 Å². The number of carbonyl (C=O) groups is 1. The molecule has 1 aromatic carbocycles. The Kier molecular flexibility index (Phi) is 2.13. The zero-order chi connectivity index (χ0) is 12.8. The summed E-state index contributed by atoms with van der Waals surface area (Å²) in [6.07, 6.45) is 2.39. The number of nitrogens with zero attached hydrogens (tertiary/aromatic N) is 2. The molecular formula is C13H8N2O3S. The standard InChI is InChI=1S/C13H8N2O3S/c16-5-9-4-14-13-15(9)10(6-19-13)8-1-2-11-12(3-8)18-7-17-11/h1-6H,7H2. The van der Waals surface area contributed by atoms with Crippen LogP contribution in [-0.4, -0.2) is 22.5 Å². The van der Waals surface area contributed by atoms with Crippen molar-refractivity contribution in [3.05, 3.63) is 35.5 Å². The number of benzene rings is 1. The second kappa shape index (κ2) is 3.83. The van der Waals surface area contributed by atoms with E-state index in [0.29, 0.717) is 5.69 Å². The van der Waals surface area contributed by atoms with Crippen molar-refractivity contribution in [3.8, 4) is 22.8 Å². The first-order chi connectivity index (χ1) is 9.36. The summed E-state index contributed by atoms with van der Waals surface area (Å²) in [6, 6.07) is 5.74. The van der Waals surface area contributed by atoms with Gasteiger partial charge in [-0.25, -0.2) is 4.98 Å². The lowest BCUT2D eigenvalue weighted by atomic mass is 10.1. The Labute approximate surface area is 112 Å². The van der Waals surface area contributed by atoms with E-state index in [4.69, 9.17) is 9.47 Å². The van der Waals surface area contributed by atoms with E-state index in [0.717, 1.165) is 34.0 Å². The summed E-state index contributed by atoms with van der Waals surface area (Å²) in [5.74, 6) is 1.47. The smallest absolute Gasteiger partial charge is 0.231 e. The Morgan fingerprint density at radius 3 is 3.11 bits per heavy atom. The van der Waals surface area contributed by atoms with Gasteiger partial charge in [-0.05, 0) is 18.2 Å². The first-order valence-corrected chi connectivity index (χ1v) is 6.55. The number of thiazole rings is 1. The minimum absolute atomic E-state index is 0.252. The molecule has 0 fully saturated rings. The average molecular weight is 272 g/mol. The van der Waals surface area contributed by atoms with Gasteiger partial charge >= 0.3 is 0 Å². The number of imidazole rings is 1. The normalized spacial score (nSPS) is 13.1. The van der Waals surface area contributed by atoms with Crippen LogP contribution in [0.4, 0.5) is 0 Å². The number of hydrogen-bond acceptors (Lipinski definition) is 5. The number of carbonyl (C=O) groups excluding carboxylic acids is 1. The van der Waals surface area contributed by atoms with E-state index in [1.807, 2.05) is 28.0 Å². The minimum atomic E-state index is 0.252. The summed E-state index contributed by atoms with van der Waals surface area (Å²) < 4.78 is 12.5. The van der Waals surface area contributed by atoms with E-state index in [1.165, 1.54) is 11.3 Å². The van der Waals surface area contributed by atoms with Crippen LogP contribution in [0.1, 0.15) is 10.5 Å². The second-order valence-corrected chi connectivity index (χ2v) is 4.94. The summed E-state index contributed by atoms with van der Waals surface area (Å²) in [7, 11) is 0. The fourth-order valence-electron chi connectivity index (χ4n) is 2.17. The van der Waals surface area contributed by atoms with Crippen molar-refractivity contribution >= 4 is 22.6 Å². The van der Waals surface area contributed by atoms with Gasteiger partial charge in [0.25, 0.3) is 0 Å². The minimum Gasteiger partial charge on any atom is -0.454 e. The number of aromatic nitrogens is 2. The highest BCUT2D eigenvalue weighted by Crippen LogP contribution is 2.37. The third-order valence-corrected chi connectivity index (χ3v) is 3.90. The number of hydrogen-bond donors (Lipinski definition) is 0. The predicted octanol–water partition coefficient (Wildman–Crippen LogP) is 2.60. The zero-order valence-electron chi connectivity index (χ0n) is 9.70. The van der Waals surface area contributed by atoms with Crippen molar-refractivity contribution < 1.29 is 14.3 Å². The molecule has 0 bridgehead atoms. The largest absolute Gasteiger partial charge is 0.454 e. The van der Waals surface area contributed by atoms with Crippen LogP contribution in [0, 0.1) is 0 Å². The second-order valence-electron chi connectivity index (χ2n) is 4.11. The number of aldehydes is 1. The number of rotatable bonds is 2. The molecule has 0 aliphatic carbocycles. The fraction of sp³-hybridized carbons (Fsp3) is 0.0769. The molecule has 0 spiro atoms. The quantitative estimate of drug-likeness (QED) is 0.673. The van der Waals surface area contributed by atoms with Crippen LogP contribution in [-0.2, 0) is 0 Å². The van der Waals surface area contributed by atoms with Crippen LogP contribution >= 0.6 is 11.3 Å². The van der Waals surface area contributed by atoms with Gasteiger partial charge in [0.05, 0.1) is 11.9 Å². The number of fused-ring (bicyclic) bond motifs is 2. The van der Waals surface area contributed by atoms with Crippen molar-refractivity contribution in [1.29, 1.82) is 0 Å². The SMILES string of the molecule is O=Cc1cnc2scc(-c3ccc4c(c3)OCO4)n12. The fourth-order valence-corrected chi connectivity index (χ4v) is 3.05. The Bertz CT molecular complexity index is 790. The van der Waals surface area contributed by atoms with Gasteiger partial charge in [-0.3, -0.25) is 9.20 Å². The molecule has 1 aliphatic rings. The van der Waals surface area contributed by atoms with Gasteiger partial charge in [0, 0.05) is 10.9 Å². The van der Waals surface area contributed by atoms with Crippen molar-refractivity contribution in [2.24, 2.45) is 0 Å². The van der Waals surface area contributed by atoms with Crippen LogP contribution in [0.15, 0.2) is 29.8 Å². The van der Waals surface area contributed by atoms with E-state index < -0.39 is 0 Å².